The Balaban J connectivity index is 2.83. The summed E-state index contributed by atoms with van der Waals surface area (Å²) in [4.78, 5) is 31.5. The van der Waals surface area contributed by atoms with E-state index < -0.39 is 43.0 Å². The topological polar surface area (TPSA) is 112 Å². The molecule has 0 saturated carbocycles. The van der Waals surface area contributed by atoms with Gasteiger partial charge in [0.05, 0.1) is 4.83 Å². The Morgan fingerprint density at radius 2 is 1.96 bits per heavy atom. The molecule has 0 aliphatic carbocycles. The quantitative estimate of drug-likeness (QED) is 0.384. The molecule has 5 unspecified atom stereocenters. The van der Waals surface area contributed by atoms with E-state index in [9.17, 15) is 19.0 Å². The van der Waals surface area contributed by atoms with Gasteiger partial charge in [0.15, 0.2) is 6.29 Å². The second-order valence-electron chi connectivity index (χ2n) is 5.18. The number of esters is 2. The number of hydrogen-bond acceptors (Lipinski definition) is 7. The highest BCUT2D eigenvalue weighted by atomic mass is 79.9. The molecule has 0 radical (unpaired) electrons. The molecule has 1 N–H and O–H groups in total. The van der Waals surface area contributed by atoms with E-state index in [1.54, 1.807) is 0 Å². The third-order valence-electron chi connectivity index (χ3n) is 2.98. The lowest BCUT2D eigenvalue weighted by Crippen LogP contribution is -2.50. The molecule has 134 valence electrons. The fourth-order valence-electron chi connectivity index (χ4n) is 1.87. The zero-order valence-corrected chi connectivity index (χ0v) is 15.8. The molecule has 0 aromatic heterocycles. The monoisotopic (exact) mass is 417 g/mol. The molecule has 0 amide bonds. The van der Waals surface area contributed by atoms with E-state index in [-0.39, 0.29) is 13.0 Å². The molecule has 0 aromatic rings. The number of carbonyl (C=O) groups excluding carboxylic acids is 2. The molecular weight excluding hydrogens is 397 g/mol. The maximum absolute atomic E-state index is 11.9. The number of halogens is 1. The standard InChI is InChI=1S/C12H21BrNO8P/c1-7(15)19-6-10-12(20-8(2)16)9(13)5-11(21-10)22-23(17,18)14(3)4/h9-12H,5-6H2,1-4H3,(H,17,18). The van der Waals surface area contributed by atoms with E-state index in [4.69, 9.17) is 18.7 Å². The first-order chi connectivity index (χ1) is 10.5. The second-order valence-corrected chi connectivity index (χ2v) is 8.34. The third-order valence-corrected chi connectivity index (χ3v) is 5.40. The van der Waals surface area contributed by atoms with Crippen LogP contribution in [-0.4, -0.2) is 65.5 Å². The summed E-state index contributed by atoms with van der Waals surface area (Å²) in [5.41, 5.74) is 0. The van der Waals surface area contributed by atoms with Crippen LogP contribution >= 0.6 is 23.7 Å². The van der Waals surface area contributed by atoms with E-state index in [1.165, 1.54) is 27.9 Å². The van der Waals surface area contributed by atoms with Crippen molar-refractivity contribution >= 4 is 35.6 Å². The Bertz CT molecular complexity index is 488. The summed E-state index contributed by atoms with van der Waals surface area (Å²) in [6, 6.07) is 0. The lowest BCUT2D eigenvalue weighted by molar-refractivity contribution is -0.212. The molecule has 0 spiro atoms. The Kier molecular flexibility index (Phi) is 7.63. The van der Waals surface area contributed by atoms with Crippen molar-refractivity contribution < 1.29 is 37.8 Å². The van der Waals surface area contributed by atoms with E-state index in [0.29, 0.717) is 0 Å². The highest BCUT2D eigenvalue weighted by Crippen LogP contribution is 2.47. The Hall–Kier alpha value is -0.510. The van der Waals surface area contributed by atoms with Crippen molar-refractivity contribution in [2.24, 2.45) is 0 Å². The minimum absolute atomic E-state index is 0.174. The number of ether oxygens (including phenoxy) is 3. The van der Waals surface area contributed by atoms with Gasteiger partial charge < -0.3 is 19.1 Å². The van der Waals surface area contributed by atoms with Crippen molar-refractivity contribution in [3.63, 3.8) is 0 Å². The molecule has 1 aliphatic heterocycles. The number of alkyl halides is 1. The summed E-state index contributed by atoms with van der Waals surface area (Å²) in [5.74, 6) is -1.04. The number of rotatable bonds is 6. The van der Waals surface area contributed by atoms with Gasteiger partial charge in [-0.2, -0.15) is 0 Å². The molecular formula is C12H21BrNO8P. The number of hydrogen-bond donors (Lipinski definition) is 1. The van der Waals surface area contributed by atoms with Gasteiger partial charge >= 0.3 is 19.7 Å². The van der Waals surface area contributed by atoms with Crippen molar-refractivity contribution in [1.29, 1.82) is 0 Å². The maximum atomic E-state index is 11.9. The smallest absolute Gasteiger partial charge is 0.407 e. The van der Waals surface area contributed by atoms with E-state index in [1.807, 2.05) is 0 Å². The Labute approximate surface area is 142 Å². The number of carbonyl (C=O) groups is 2. The van der Waals surface area contributed by atoms with Crippen LogP contribution in [0.2, 0.25) is 0 Å². The zero-order valence-electron chi connectivity index (χ0n) is 13.3. The molecule has 0 aromatic carbocycles. The van der Waals surface area contributed by atoms with Crippen molar-refractivity contribution in [2.75, 3.05) is 20.7 Å². The number of nitrogens with zero attached hydrogens (tertiary/aromatic N) is 1. The van der Waals surface area contributed by atoms with Crippen LogP contribution < -0.4 is 0 Å². The average Bonchev–Trinajstić information content (AvgIpc) is 2.38. The fourth-order valence-corrected chi connectivity index (χ4v) is 3.25. The predicted molar refractivity (Wildman–Crippen MR) is 82.8 cm³/mol. The van der Waals surface area contributed by atoms with Gasteiger partial charge in [-0.1, -0.05) is 15.9 Å². The molecule has 1 rings (SSSR count). The molecule has 5 atom stereocenters. The summed E-state index contributed by atoms with van der Waals surface area (Å²) >= 11 is 3.35. The highest BCUT2D eigenvalue weighted by molar-refractivity contribution is 9.09. The van der Waals surface area contributed by atoms with Crippen molar-refractivity contribution in [2.45, 2.75) is 43.6 Å². The molecule has 1 heterocycles. The molecule has 1 fully saturated rings. The molecule has 1 aliphatic rings. The predicted octanol–water partition coefficient (Wildman–Crippen LogP) is 1.04. The van der Waals surface area contributed by atoms with E-state index in [2.05, 4.69) is 15.9 Å². The normalized spacial score (nSPS) is 30.6. The summed E-state index contributed by atoms with van der Waals surface area (Å²) in [7, 11) is -1.21. The first-order valence-corrected chi connectivity index (χ1v) is 9.26. The van der Waals surface area contributed by atoms with E-state index >= 15 is 0 Å². The van der Waals surface area contributed by atoms with Gasteiger partial charge in [0.2, 0.25) is 0 Å². The van der Waals surface area contributed by atoms with Crippen LogP contribution in [0.5, 0.6) is 0 Å². The maximum Gasteiger partial charge on any atom is 0.407 e. The van der Waals surface area contributed by atoms with Crippen LogP contribution in [0.15, 0.2) is 0 Å². The minimum atomic E-state index is -4.00. The molecule has 1 saturated heterocycles. The first kappa shape index (κ1) is 20.5. The van der Waals surface area contributed by atoms with Crippen LogP contribution in [0.4, 0.5) is 0 Å². The van der Waals surface area contributed by atoms with Crippen LogP contribution in [0.1, 0.15) is 20.3 Å². The van der Waals surface area contributed by atoms with Crippen molar-refractivity contribution in [1.82, 2.24) is 4.67 Å². The van der Waals surface area contributed by atoms with Gasteiger partial charge in [0, 0.05) is 20.3 Å². The SMILES string of the molecule is CC(=O)OCC1OC(OP(=O)(O)N(C)C)CC(Br)C1OC(C)=O. The lowest BCUT2D eigenvalue weighted by atomic mass is 10.0. The molecule has 0 bridgehead atoms. The Morgan fingerprint density at radius 3 is 2.43 bits per heavy atom. The van der Waals surface area contributed by atoms with Gasteiger partial charge in [-0.15, -0.1) is 0 Å². The summed E-state index contributed by atoms with van der Waals surface area (Å²) in [5, 5.41) is 0. The van der Waals surface area contributed by atoms with Crippen LogP contribution in [0, 0.1) is 0 Å². The minimum Gasteiger partial charge on any atom is -0.463 e. The van der Waals surface area contributed by atoms with Crippen LogP contribution in [0.3, 0.4) is 0 Å². The average molecular weight is 418 g/mol. The van der Waals surface area contributed by atoms with Crippen LogP contribution in [-0.2, 0) is 32.9 Å². The van der Waals surface area contributed by atoms with Crippen LogP contribution in [0.25, 0.3) is 0 Å². The summed E-state index contributed by atoms with van der Waals surface area (Å²) < 4.78 is 33.7. The van der Waals surface area contributed by atoms with E-state index in [0.717, 1.165) is 4.67 Å². The van der Waals surface area contributed by atoms with Crippen molar-refractivity contribution in [3.8, 4) is 0 Å². The fraction of sp³-hybridized carbons (Fsp3) is 0.833. The van der Waals surface area contributed by atoms with Gasteiger partial charge in [-0.05, 0) is 14.1 Å². The summed E-state index contributed by atoms with van der Waals surface area (Å²) in [6.45, 7) is 2.31. The van der Waals surface area contributed by atoms with Crippen molar-refractivity contribution in [3.05, 3.63) is 0 Å². The molecule has 9 nitrogen and oxygen atoms in total. The molecule has 23 heavy (non-hydrogen) atoms. The first-order valence-electron chi connectivity index (χ1n) is 6.82. The molecule has 11 heteroatoms. The van der Waals surface area contributed by atoms with Gasteiger partial charge in [0.25, 0.3) is 0 Å². The van der Waals surface area contributed by atoms with Gasteiger partial charge in [-0.25, -0.2) is 9.24 Å². The summed E-state index contributed by atoms with van der Waals surface area (Å²) in [6.07, 6.45) is -2.39. The lowest BCUT2D eigenvalue weighted by Gasteiger charge is -2.39. The largest absolute Gasteiger partial charge is 0.463 e. The van der Waals surface area contributed by atoms with Gasteiger partial charge in [-0.3, -0.25) is 14.1 Å². The Morgan fingerprint density at radius 1 is 1.35 bits per heavy atom. The van der Waals surface area contributed by atoms with Gasteiger partial charge in [0.1, 0.15) is 18.8 Å². The second kappa shape index (κ2) is 8.55. The highest BCUT2D eigenvalue weighted by Gasteiger charge is 2.43. The zero-order chi connectivity index (χ0) is 17.8. The third kappa shape index (κ3) is 6.48.